The third-order valence-corrected chi connectivity index (χ3v) is 4.29. The van der Waals surface area contributed by atoms with Crippen LogP contribution >= 0.6 is 23.2 Å². The molecule has 1 heterocycles. The van der Waals surface area contributed by atoms with Gasteiger partial charge in [0.05, 0.1) is 6.54 Å². The molecule has 10 heteroatoms. The average Bonchev–Trinajstić information content (AvgIpc) is 2.34. The van der Waals surface area contributed by atoms with Crippen molar-refractivity contribution in [3.05, 3.63) is 60.8 Å². The Hall–Kier alpha value is -1.61. The molecule has 0 fully saturated rings. The number of sulfonamides is 1. The molecule has 0 unspecified atom stereocenters. The van der Waals surface area contributed by atoms with E-state index < -0.39 is 26.2 Å². The molecule has 3 N–H and O–H groups in total. The van der Waals surface area contributed by atoms with E-state index in [-0.39, 0.29) is 6.54 Å². The van der Waals surface area contributed by atoms with E-state index in [9.17, 15) is 18.0 Å². The highest BCUT2D eigenvalue weighted by atomic mass is 35.5. The lowest BCUT2D eigenvalue weighted by molar-refractivity contribution is 0.591. The van der Waals surface area contributed by atoms with Crippen molar-refractivity contribution in [2.75, 3.05) is 0 Å². The molecule has 0 amide bonds. The summed E-state index contributed by atoms with van der Waals surface area (Å²) in [7, 11) is -4.25. The Balaban J connectivity index is 2.61. The molecule has 7 nitrogen and oxygen atoms in total. The summed E-state index contributed by atoms with van der Waals surface area (Å²) in [6.45, 7) is -0.114. The van der Waals surface area contributed by atoms with Gasteiger partial charge in [-0.05, 0) is 12.1 Å². The summed E-state index contributed by atoms with van der Waals surface area (Å²) in [5.41, 5.74) is -1.47. The van der Waals surface area contributed by atoms with Gasteiger partial charge in [0.25, 0.3) is 5.56 Å². The number of nitrogens with one attached hydrogen (secondary N) is 1. The van der Waals surface area contributed by atoms with Crippen LogP contribution in [0.25, 0.3) is 0 Å². The first-order chi connectivity index (χ1) is 9.70. The van der Waals surface area contributed by atoms with Gasteiger partial charge in [0.1, 0.15) is 0 Å². The second-order valence-electron chi connectivity index (χ2n) is 4.13. The molecule has 1 aromatic heterocycles. The van der Waals surface area contributed by atoms with E-state index in [1.165, 1.54) is 0 Å². The number of aromatic nitrogens is 2. The van der Waals surface area contributed by atoms with E-state index in [2.05, 4.69) is 0 Å². The number of benzene rings is 1. The smallest absolute Gasteiger partial charge is 0.295 e. The van der Waals surface area contributed by atoms with Crippen LogP contribution in [0.5, 0.6) is 0 Å². The molecule has 1 aromatic carbocycles. The third kappa shape index (κ3) is 3.35. The van der Waals surface area contributed by atoms with Crippen molar-refractivity contribution in [3.8, 4) is 0 Å². The van der Waals surface area contributed by atoms with Crippen LogP contribution in [0.2, 0.25) is 10.0 Å². The molecule has 0 atom stereocenters. The highest BCUT2D eigenvalue weighted by molar-refractivity contribution is 7.89. The summed E-state index contributed by atoms with van der Waals surface area (Å²) in [5.74, 6) is 0. The Morgan fingerprint density at radius 3 is 2.29 bits per heavy atom. The SMILES string of the molecule is NS(=O)(=O)c1cn(Cc2c(Cl)cccc2Cl)c(=O)[nH]c1=O. The van der Waals surface area contributed by atoms with Gasteiger partial charge in [-0.2, -0.15) is 0 Å². The highest BCUT2D eigenvalue weighted by Crippen LogP contribution is 2.24. The van der Waals surface area contributed by atoms with Crippen molar-refractivity contribution < 1.29 is 8.42 Å². The normalized spacial score (nSPS) is 11.6. The number of primary sulfonamides is 1. The molecule has 0 aliphatic rings. The van der Waals surface area contributed by atoms with E-state index in [4.69, 9.17) is 28.3 Å². The zero-order chi connectivity index (χ0) is 15.8. The van der Waals surface area contributed by atoms with Gasteiger partial charge >= 0.3 is 5.69 Å². The van der Waals surface area contributed by atoms with Crippen molar-refractivity contribution in [2.24, 2.45) is 5.14 Å². The predicted octanol–water partition coefficient (Wildman–Crippen LogP) is 0.539. The van der Waals surface area contributed by atoms with E-state index in [0.29, 0.717) is 15.6 Å². The number of aromatic amines is 1. The number of hydrogen-bond acceptors (Lipinski definition) is 4. The molecule has 0 radical (unpaired) electrons. The molecule has 21 heavy (non-hydrogen) atoms. The van der Waals surface area contributed by atoms with Gasteiger partial charge in [0, 0.05) is 21.8 Å². The fourth-order valence-corrected chi connectivity index (χ4v) is 2.76. The zero-order valence-corrected chi connectivity index (χ0v) is 12.7. The standard InChI is InChI=1S/C11H9Cl2N3O4S/c12-7-2-1-3-8(13)6(7)4-16-5-9(21(14,19)20)10(17)15-11(16)18/h1-3,5H,4H2,(H2,14,19,20)(H,15,17,18). The van der Waals surface area contributed by atoms with Crippen molar-refractivity contribution >= 4 is 33.2 Å². The quantitative estimate of drug-likeness (QED) is 0.841. The number of H-pyrrole nitrogens is 1. The molecule has 2 aromatic rings. The summed E-state index contributed by atoms with van der Waals surface area (Å²) < 4.78 is 23.5. The van der Waals surface area contributed by atoms with Crippen molar-refractivity contribution in [1.29, 1.82) is 0 Å². The van der Waals surface area contributed by atoms with Crippen molar-refractivity contribution in [1.82, 2.24) is 9.55 Å². The molecule has 112 valence electrons. The Kier molecular flexibility index (Phi) is 4.24. The summed E-state index contributed by atoms with van der Waals surface area (Å²) in [6.07, 6.45) is 0.857. The minimum atomic E-state index is -4.25. The first kappa shape index (κ1) is 15.8. The van der Waals surface area contributed by atoms with Crippen LogP contribution in [0.3, 0.4) is 0 Å². The summed E-state index contributed by atoms with van der Waals surface area (Å²) >= 11 is 12.0. The minimum absolute atomic E-state index is 0.114. The lowest BCUT2D eigenvalue weighted by atomic mass is 10.2. The molecule has 0 aliphatic carbocycles. The summed E-state index contributed by atoms with van der Waals surface area (Å²) in [5, 5.41) is 5.52. The molecule has 0 aliphatic heterocycles. The third-order valence-electron chi connectivity index (χ3n) is 2.67. The van der Waals surface area contributed by atoms with E-state index in [0.717, 1.165) is 10.8 Å². The van der Waals surface area contributed by atoms with Gasteiger partial charge < -0.3 is 0 Å². The van der Waals surface area contributed by atoms with Crippen LogP contribution in [0.1, 0.15) is 5.56 Å². The second kappa shape index (κ2) is 5.64. The van der Waals surface area contributed by atoms with E-state index in [1.54, 1.807) is 18.2 Å². The molecule has 0 spiro atoms. The number of halogens is 2. The lowest BCUT2D eigenvalue weighted by Crippen LogP contribution is -2.35. The van der Waals surface area contributed by atoms with Gasteiger partial charge in [0.15, 0.2) is 4.90 Å². The fourth-order valence-electron chi connectivity index (χ4n) is 1.66. The Morgan fingerprint density at radius 1 is 1.19 bits per heavy atom. The summed E-state index contributed by atoms with van der Waals surface area (Å²) in [6, 6.07) is 4.76. The molecule has 2 rings (SSSR count). The largest absolute Gasteiger partial charge is 0.328 e. The van der Waals surface area contributed by atoms with Gasteiger partial charge in [-0.3, -0.25) is 14.3 Å². The fraction of sp³-hybridized carbons (Fsp3) is 0.0909. The molecule has 0 saturated carbocycles. The van der Waals surface area contributed by atoms with Gasteiger partial charge in [-0.25, -0.2) is 18.4 Å². The van der Waals surface area contributed by atoms with Gasteiger partial charge in [-0.15, -0.1) is 0 Å². The summed E-state index contributed by atoms with van der Waals surface area (Å²) in [4.78, 5) is 24.3. The number of rotatable bonds is 3. The minimum Gasteiger partial charge on any atom is -0.295 e. The van der Waals surface area contributed by atoms with E-state index in [1.807, 2.05) is 4.98 Å². The number of hydrogen-bond donors (Lipinski definition) is 2. The first-order valence-corrected chi connectivity index (χ1v) is 7.80. The topological polar surface area (TPSA) is 115 Å². The monoisotopic (exact) mass is 349 g/mol. The maximum Gasteiger partial charge on any atom is 0.328 e. The Bertz CT molecular complexity index is 898. The maximum absolute atomic E-state index is 11.7. The predicted molar refractivity (Wildman–Crippen MR) is 78.3 cm³/mol. The van der Waals surface area contributed by atoms with Crippen LogP contribution in [-0.2, 0) is 16.6 Å². The zero-order valence-electron chi connectivity index (χ0n) is 10.3. The van der Waals surface area contributed by atoms with Crippen LogP contribution in [0.4, 0.5) is 0 Å². The van der Waals surface area contributed by atoms with Crippen molar-refractivity contribution in [2.45, 2.75) is 11.4 Å². The van der Waals surface area contributed by atoms with Crippen molar-refractivity contribution in [3.63, 3.8) is 0 Å². The molecule has 0 bridgehead atoms. The molecular formula is C11H9Cl2N3O4S. The van der Waals surface area contributed by atoms with Crippen LogP contribution in [-0.4, -0.2) is 18.0 Å². The van der Waals surface area contributed by atoms with Gasteiger partial charge in [0.2, 0.25) is 10.0 Å². The van der Waals surface area contributed by atoms with Crippen LogP contribution in [0, 0.1) is 0 Å². The average molecular weight is 350 g/mol. The lowest BCUT2D eigenvalue weighted by Gasteiger charge is -2.10. The first-order valence-electron chi connectivity index (χ1n) is 5.49. The Labute approximate surface area is 129 Å². The van der Waals surface area contributed by atoms with Crippen LogP contribution < -0.4 is 16.4 Å². The number of nitrogens with zero attached hydrogens (tertiary/aromatic N) is 1. The molecule has 0 saturated heterocycles. The molecular weight excluding hydrogens is 341 g/mol. The van der Waals surface area contributed by atoms with Gasteiger partial charge in [-0.1, -0.05) is 29.3 Å². The number of nitrogens with two attached hydrogens (primary N) is 1. The Morgan fingerprint density at radius 2 is 1.76 bits per heavy atom. The second-order valence-corrected chi connectivity index (χ2v) is 6.47. The highest BCUT2D eigenvalue weighted by Gasteiger charge is 2.16. The van der Waals surface area contributed by atoms with Crippen LogP contribution in [0.15, 0.2) is 38.9 Å². The van der Waals surface area contributed by atoms with E-state index >= 15 is 0 Å². The maximum atomic E-state index is 11.7.